The Kier molecular flexibility index (Phi) is 19.3. The van der Waals surface area contributed by atoms with E-state index in [-0.39, 0.29) is 48.2 Å². The Balaban J connectivity index is 1.58. The van der Waals surface area contributed by atoms with E-state index in [9.17, 15) is 14.7 Å². The van der Waals surface area contributed by atoms with Crippen molar-refractivity contribution in [1.82, 2.24) is 5.32 Å². The summed E-state index contributed by atoms with van der Waals surface area (Å²) >= 11 is 0. The average Bonchev–Trinajstić information content (AvgIpc) is 3.41. The number of nitrogens with one attached hydrogen (secondary N) is 1. The van der Waals surface area contributed by atoms with Crippen molar-refractivity contribution in [2.45, 2.75) is 244 Å². The fourth-order valence-electron chi connectivity index (χ4n) is 13.7. The summed E-state index contributed by atoms with van der Waals surface area (Å²) in [5.74, 6) is -4.07. The number of fused-ring (bicyclic) bond motifs is 17. The molecular weight excluding hydrogens is 1060 g/mol. The highest BCUT2D eigenvalue weighted by Crippen LogP contribution is 2.65. The zero-order valence-electron chi connectivity index (χ0n) is 51.0. The molecule has 2 N–H and O–H groups in total. The quantitative estimate of drug-likeness (QED) is 0.0790. The van der Waals surface area contributed by atoms with E-state index in [0.717, 1.165) is 23.7 Å². The zero-order valence-corrected chi connectivity index (χ0v) is 54.0. The molecule has 2 aromatic carbocycles. The molecule has 3 aliphatic heterocycles. The summed E-state index contributed by atoms with van der Waals surface area (Å²) < 4.78 is 49.6. The maximum atomic E-state index is 17.3. The molecule has 0 unspecified atom stereocenters. The van der Waals surface area contributed by atoms with Crippen LogP contribution in [0.1, 0.15) is 157 Å². The molecule has 5 bridgehead atoms. The summed E-state index contributed by atoms with van der Waals surface area (Å²) in [5, 5.41) is 17.6. The van der Waals surface area contributed by atoms with Crippen molar-refractivity contribution in [3.8, 4) is 0 Å². The lowest BCUT2D eigenvalue weighted by Gasteiger charge is -2.68. The first-order chi connectivity index (χ1) is 37.5. The van der Waals surface area contributed by atoms with Gasteiger partial charge < -0.3 is 42.6 Å². The second-order valence-corrected chi connectivity index (χ2v) is 40.1. The van der Waals surface area contributed by atoms with E-state index >= 15 is 14.4 Å². The van der Waals surface area contributed by atoms with Gasteiger partial charge in [0.05, 0.1) is 35.6 Å². The first-order valence-corrected chi connectivity index (χ1v) is 37.8. The molecule has 6 aliphatic rings. The molecule has 3 heterocycles. The zero-order chi connectivity index (χ0) is 59.0. The summed E-state index contributed by atoms with van der Waals surface area (Å²) in [6, 6.07) is 19.7. The summed E-state index contributed by atoms with van der Waals surface area (Å²) in [5.41, 5.74) is -4.22. The van der Waals surface area contributed by atoms with Crippen LogP contribution in [0.2, 0.25) is 54.4 Å². The van der Waals surface area contributed by atoms with Gasteiger partial charge in [0, 0.05) is 31.6 Å². The van der Waals surface area contributed by atoms with Crippen LogP contribution in [0.4, 0.5) is 0 Å². The van der Waals surface area contributed by atoms with Gasteiger partial charge in [-0.05, 0) is 122 Å². The molecule has 80 heavy (non-hydrogen) atoms. The van der Waals surface area contributed by atoms with Crippen molar-refractivity contribution in [3.05, 3.63) is 94.6 Å². The van der Waals surface area contributed by atoms with Gasteiger partial charge in [-0.2, -0.15) is 0 Å². The molecular formula is C63H95NO13Si3. The molecule has 2 saturated carbocycles. The van der Waals surface area contributed by atoms with Crippen molar-refractivity contribution in [2.75, 3.05) is 6.61 Å². The number of amides is 1. The Hall–Kier alpha value is -4.08. The second-order valence-electron chi connectivity index (χ2n) is 25.9. The number of esters is 3. The number of benzene rings is 2. The maximum absolute atomic E-state index is 17.3. The van der Waals surface area contributed by atoms with E-state index < -0.39 is 113 Å². The van der Waals surface area contributed by atoms with Gasteiger partial charge in [-0.25, -0.2) is 9.59 Å². The molecule has 0 aromatic heterocycles. The van der Waals surface area contributed by atoms with Crippen molar-refractivity contribution in [2.24, 2.45) is 16.7 Å². The van der Waals surface area contributed by atoms with Crippen LogP contribution >= 0.6 is 0 Å². The van der Waals surface area contributed by atoms with Gasteiger partial charge in [-0.1, -0.05) is 131 Å². The molecule has 1 saturated heterocycles. The van der Waals surface area contributed by atoms with Gasteiger partial charge in [-0.15, -0.1) is 0 Å². The van der Waals surface area contributed by atoms with Crippen LogP contribution in [0.3, 0.4) is 0 Å². The number of carbonyl (C=O) groups is 5. The predicted molar refractivity (Wildman–Crippen MR) is 317 cm³/mol. The normalized spacial score (nSPS) is 32.1. The maximum Gasteiger partial charge on any atom is 0.338 e. The highest BCUT2D eigenvalue weighted by Gasteiger charge is 2.79. The van der Waals surface area contributed by atoms with Gasteiger partial charge in [0.2, 0.25) is 5.91 Å². The van der Waals surface area contributed by atoms with E-state index in [2.05, 4.69) is 67.6 Å². The monoisotopic (exact) mass is 1160 g/mol. The smallest absolute Gasteiger partial charge is 0.338 e. The Morgan fingerprint density at radius 3 is 1.96 bits per heavy atom. The highest BCUT2D eigenvalue weighted by molar-refractivity contribution is 6.74. The Bertz CT molecular complexity index is 2620. The van der Waals surface area contributed by atoms with Gasteiger partial charge in [0.15, 0.2) is 42.4 Å². The number of Topliss-reactive ketones (excluding diaryl/α,β-unsaturated/α-hetero) is 1. The largest absolute Gasteiger partial charge is 0.456 e. The SMILES string of the molecule is CC[Si](CC)(CC)O[C@H]1C(=O)[C@]2(C)[C@@H](O[Si](CC)(CC)CC)C[C@H]3OC[C@@]3(OC(C)=O)[C@H]2[C@@H]2OC(=O)c3ccc(cc3)C/C=C/CCCC(=O)N[C@@H](c3ccccc3)[C@@H](O[Si](C)(C)C(C)(C)C)C(=O)O[C@H]3C[C@]2(O)C(C)(C)C1=C3C. The molecule has 2 aromatic rings. The lowest BCUT2D eigenvalue weighted by molar-refractivity contribution is -0.344. The fraction of sp³-hybridized carbons (Fsp3) is 0.667. The predicted octanol–water partition coefficient (Wildman–Crippen LogP) is 12.2. The first kappa shape index (κ1) is 63.5. The average molecular weight is 1160 g/mol. The number of carbonyl (C=O) groups excluding carboxylic acids is 5. The molecule has 0 radical (unpaired) electrons. The number of ketones is 1. The summed E-state index contributed by atoms with van der Waals surface area (Å²) in [6.07, 6.45) is -1.40. The van der Waals surface area contributed by atoms with Crippen molar-refractivity contribution in [3.63, 3.8) is 0 Å². The number of ether oxygens (including phenoxy) is 4. The van der Waals surface area contributed by atoms with Crippen LogP contribution in [0.5, 0.6) is 0 Å². The van der Waals surface area contributed by atoms with Crippen LogP contribution in [0.25, 0.3) is 0 Å². The van der Waals surface area contributed by atoms with Gasteiger partial charge in [0.1, 0.15) is 30.0 Å². The molecule has 442 valence electrons. The van der Waals surface area contributed by atoms with Gasteiger partial charge in [-0.3, -0.25) is 14.4 Å². The number of hydrogen-bond acceptors (Lipinski definition) is 13. The van der Waals surface area contributed by atoms with Crippen LogP contribution in [-0.4, -0.2) is 114 Å². The molecule has 14 nitrogen and oxygen atoms in total. The number of hydrogen-bond donors (Lipinski definition) is 2. The third-order valence-electron chi connectivity index (χ3n) is 20.5. The van der Waals surface area contributed by atoms with Crippen LogP contribution in [0.15, 0.2) is 77.9 Å². The number of rotatable bonds is 14. The van der Waals surface area contributed by atoms with E-state index in [1.54, 1.807) is 12.1 Å². The molecule has 0 spiro atoms. The second kappa shape index (κ2) is 24.3. The van der Waals surface area contributed by atoms with E-state index in [4.69, 9.17) is 32.2 Å². The highest BCUT2D eigenvalue weighted by atomic mass is 28.4. The number of allylic oxidation sites excluding steroid dienone is 2. The Morgan fingerprint density at radius 2 is 1.41 bits per heavy atom. The van der Waals surface area contributed by atoms with Gasteiger partial charge in [0.25, 0.3) is 0 Å². The summed E-state index contributed by atoms with van der Waals surface area (Å²) in [7, 11) is -8.31. The van der Waals surface area contributed by atoms with E-state index in [1.807, 2.05) is 95.4 Å². The van der Waals surface area contributed by atoms with Gasteiger partial charge >= 0.3 is 17.9 Å². The molecule has 3 aliphatic carbocycles. The van der Waals surface area contributed by atoms with Crippen LogP contribution in [0, 0.1) is 16.7 Å². The molecule has 3 fully saturated rings. The minimum Gasteiger partial charge on any atom is -0.456 e. The van der Waals surface area contributed by atoms with Crippen molar-refractivity contribution < 1.29 is 61.3 Å². The van der Waals surface area contributed by atoms with Crippen LogP contribution in [-0.2, 0) is 57.8 Å². The molecule has 1 amide bonds. The minimum atomic E-state index is -2.88. The standard InChI is InChI=1S/C63H95NO13Si3/c1-17-79(18-2,19-3)75-47-38-48-62(40-71-48,74-42(8)65)54-56-63(70)39-46(41(7)50(60(63,12)13)52(55(67)61(47,54)14)77-80(20-4,21-5)22-6)72-58(69)53(76-78(15,16)59(9,10)11)51(44-31-27-25-28-32-44)64-49(66)33-29-24-23-26-30-43-34-36-45(37-35-43)57(68)73-56/h23,25-28,31-32,34-37,46-48,51-54,56,70H,17-22,24,29-30,33,38-40H2,1-16H3,(H,64,66)/b26-23+/t46-,47-,48+,51-,52+,53+,54-,56-,61+,62-,63+/m0/s1. The topological polar surface area (TPSA) is 182 Å². The van der Waals surface area contributed by atoms with Crippen molar-refractivity contribution >= 4 is 54.6 Å². The lowest BCUT2D eigenvalue weighted by Crippen LogP contribution is -2.82. The molecule has 11 atom stereocenters. The van der Waals surface area contributed by atoms with E-state index in [0.29, 0.717) is 54.1 Å². The van der Waals surface area contributed by atoms with E-state index in [1.165, 1.54) is 6.92 Å². The fourth-order valence-corrected chi connectivity index (χ4v) is 20.6. The van der Waals surface area contributed by atoms with Crippen LogP contribution < -0.4 is 5.32 Å². The lowest BCUT2D eigenvalue weighted by atomic mass is 9.44. The molecule has 17 heteroatoms. The number of aliphatic hydroxyl groups is 1. The Labute approximate surface area is 480 Å². The summed E-state index contributed by atoms with van der Waals surface area (Å²) in [4.78, 5) is 76.7. The first-order valence-electron chi connectivity index (χ1n) is 29.9. The Morgan fingerprint density at radius 1 is 0.812 bits per heavy atom. The summed E-state index contributed by atoms with van der Waals surface area (Å²) in [6.45, 7) is 31.6. The molecule has 8 rings (SSSR count). The third kappa shape index (κ3) is 11.6. The minimum absolute atomic E-state index is 0.148. The van der Waals surface area contributed by atoms with Crippen molar-refractivity contribution in [1.29, 1.82) is 0 Å². The third-order valence-corrected chi connectivity index (χ3v) is 34.2.